The minimum Gasteiger partial charge on any atom is -0.335 e. The van der Waals surface area contributed by atoms with Crippen molar-refractivity contribution in [3.8, 4) is 0 Å². The van der Waals surface area contributed by atoms with Crippen LogP contribution in [0.1, 0.15) is 43.7 Å². The molecule has 2 amide bonds. The van der Waals surface area contributed by atoms with Gasteiger partial charge in [-0.25, -0.2) is 4.79 Å². The molecule has 1 aliphatic rings. The number of hydrogen-bond acceptors (Lipinski definition) is 1. The predicted molar refractivity (Wildman–Crippen MR) is 83.3 cm³/mol. The van der Waals surface area contributed by atoms with Crippen molar-refractivity contribution in [1.82, 2.24) is 10.6 Å². The fourth-order valence-electron chi connectivity index (χ4n) is 2.73. The number of hydrogen-bond donors (Lipinski definition) is 2. The van der Waals surface area contributed by atoms with Crippen molar-refractivity contribution in [2.45, 2.75) is 45.6 Å². The van der Waals surface area contributed by atoms with Gasteiger partial charge in [-0.3, -0.25) is 0 Å². The number of aryl methyl sites for hydroxylation is 1. The van der Waals surface area contributed by atoms with E-state index in [9.17, 15) is 4.79 Å². The zero-order valence-corrected chi connectivity index (χ0v) is 12.4. The van der Waals surface area contributed by atoms with Crippen molar-refractivity contribution in [3.05, 3.63) is 41.6 Å². The van der Waals surface area contributed by atoms with Crippen LogP contribution >= 0.6 is 0 Å². The second-order valence-corrected chi connectivity index (χ2v) is 5.73. The topological polar surface area (TPSA) is 41.1 Å². The normalized spacial score (nSPS) is 22.7. The first-order valence-corrected chi connectivity index (χ1v) is 7.45. The Morgan fingerprint density at radius 2 is 2.10 bits per heavy atom. The maximum absolute atomic E-state index is 11.8. The minimum atomic E-state index is -0.104. The minimum absolute atomic E-state index is 0.104. The van der Waals surface area contributed by atoms with Crippen LogP contribution in [0.4, 0.5) is 4.79 Å². The van der Waals surface area contributed by atoms with Gasteiger partial charge in [-0.1, -0.05) is 49.6 Å². The van der Waals surface area contributed by atoms with Gasteiger partial charge < -0.3 is 10.6 Å². The van der Waals surface area contributed by atoms with E-state index < -0.39 is 0 Å². The number of carbonyl (C=O) groups is 1. The summed E-state index contributed by atoms with van der Waals surface area (Å²) in [6.45, 7) is 4.27. The van der Waals surface area contributed by atoms with Gasteiger partial charge in [0.25, 0.3) is 0 Å². The fraction of sp³-hybridized carbons (Fsp3) is 0.471. The monoisotopic (exact) mass is 272 g/mol. The van der Waals surface area contributed by atoms with E-state index in [0.29, 0.717) is 12.0 Å². The van der Waals surface area contributed by atoms with Crippen LogP contribution in [0.2, 0.25) is 0 Å². The van der Waals surface area contributed by atoms with E-state index in [1.54, 1.807) is 6.20 Å². The quantitative estimate of drug-likeness (QED) is 0.862. The lowest BCUT2D eigenvalue weighted by Crippen LogP contribution is -2.44. The Morgan fingerprint density at radius 3 is 2.85 bits per heavy atom. The molecular formula is C17H24N2O. The van der Waals surface area contributed by atoms with Crippen LogP contribution < -0.4 is 10.6 Å². The molecule has 2 atom stereocenters. The summed E-state index contributed by atoms with van der Waals surface area (Å²) in [5, 5.41) is 5.85. The molecule has 0 spiro atoms. The van der Waals surface area contributed by atoms with Gasteiger partial charge in [-0.05, 0) is 37.3 Å². The average molecular weight is 272 g/mol. The van der Waals surface area contributed by atoms with Crippen LogP contribution in [0.15, 0.2) is 30.5 Å². The number of urea groups is 1. The Balaban J connectivity index is 1.80. The summed E-state index contributed by atoms with van der Waals surface area (Å²) < 4.78 is 0. The highest BCUT2D eigenvalue weighted by molar-refractivity contribution is 5.76. The molecule has 1 aliphatic carbocycles. The van der Waals surface area contributed by atoms with Crippen LogP contribution in [0.5, 0.6) is 0 Å². The number of amides is 2. The Kier molecular flexibility index (Phi) is 5.22. The first kappa shape index (κ1) is 14.6. The second kappa shape index (κ2) is 7.13. The molecule has 0 aliphatic heterocycles. The van der Waals surface area contributed by atoms with E-state index in [-0.39, 0.29) is 6.03 Å². The van der Waals surface area contributed by atoms with E-state index in [0.717, 1.165) is 12.0 Å². The summed E-state index contributed by atoms with van der Waals surface area (Å²) in [6, 6.07) is 8.38. The van der Waals surface area contributed by atoms with Crippen LogP contribution in [-0.4, -0.2) is 12.1 Å². The zero-order chi connectivity index (χ0) is 14.4. The van der Waals surface area contributed by atoms with Crippen molar-refractivity contribution in [3.63, 3.8) is 0 Å². The highest BCUT2D eigenvalue weighted by atomic mass is 16.2. The summed E-state index contributed by atoms with van der Waals surface area (Å²) in [7, 11) is 0. The van der Waals surface area contributed by atoms with Crippen LogP contribution in [0.25, 0.3) is 6.08 Å². The molecule has 1 aromatic carbocycles. The summed E-state index contributed by atoms with van der Waals surface area (Å²) >= 11 is 0. The van der Waals surface area contributed by atoms with E-state index >= 15 is 0 Å². The van der Waals surface area contributed by atoms with Gasteiger partial charge >= 0.3 is 6.03 Å². The molecule has 1 fully saturated rings. The van der Waals surface area contributed by atoms with Crippen LogP contribution in [0.3, 0.4) is 0 Å². The van der Waals surface area contributed by atoms with Gasteiger partial charge in [0.2, 0.25) is 0 Å². The van der Waals surface area contributed by atoms with Crippen molar-refractivity contribution in [2.75, 3.05) is 0 Å². The molecule has 1 saturated carbocycles. The third-order valence-corrected chi connectivity index (χ3v) is 3.96. The highest BCUT2D eigenvalue weighted by Gasteiger charge is 2.22. The third-order valence-electron chi connectivity index (χ3n) is 3.96. The molecule has 3 heteroatoms. The molecule has 0 bridgehead atoms. The molecule has 0 aromatic heterocycles. The van der Waals surface area contributed by atoms with Crippen LogP contribution in [0, 0.1) is 12.8 Å². The third kappa shape index (κ3) is 4.41. The van der Waals surface area contributed by atoms with Gasteiger partial charge in [0.15, 0.2) is 0 Å². The van der Waals surface area contributed by atoms with E-state index in [2.05, 4.69) is 36.6 Å². The SMILES string of the molecule is Cc1cccc(/C=C/NC(=O)NC2CCCCC2C)c1. The molecule has 3 nitrogen and oxygen atoms in total. The van der Waals surface area contributed by atoms with E-state index in [4.69, 9.17) is 0 Å². The maximum atomic E-state index is 11.8. The van der Waals surface area contributed by atoms with Gasteiger partial charge in [-0.15, -0.1) is 0 Å². The van der Waals surface area contributed by atoms with Crippen molar-refractivity contribution in [1.29, 1.82) is 0 Å². The Bertz CT molecular complexity index is 482. The van der Waals surface area contributed by atoms with E-state index in [1.807, 2.05) is 18.2 Å². The first-order valence-electron chi connectivity index (χ1n) is 7.45. The standard InChI is InChI=1S/C17H24N2O/c1-13-6-5-8-15(12-13)10-11-18-17(20)19-16-9-4-3-7-14(16)2/h5-6,8,10-12,14,16H,3-4,7,9H2,1-2H3,(H2,18,19,20)/b11-10+. The molecule has 0 heterocycles. The summed E-state index contributed by atoms with van der Waals surface area (Å²) in [5.41, 5.74) is 2.31. The lowest BCUT2D eigenvalue weighted by atomic mass is 9.86. The van der Waals surface area contributed by atoms with Gasteiger partial charge in [0, 0.05) is 12.2 Å². The Labute approximate surface area is 121 Å². The van der Waals surface area contributed by atoms with Gasteiger partial charge in [0.1, 0.15) is 0 Å². The molecule has 108 valence electrons. The molecule has 1 aromatic rings. The molecule has 2 rings (SSSR count). The average Bonchev–Trinajstić information content (AvgIpc) is 2.41. The number of nitrogens with one attached hydrogen (secondary N) is 2. The number of benzene rings is 1. The Morgan fingerprint density at radius 1 is 1.30 bits per heavy atom. The lowest BCUT2D eigenvalue weighted by molar-refractivity contribution is 0.225. The predicted octanol–water partition coefficient (Wildman–Crippen LogP) is 3.84. The zero-order valence-electron chi connectivity index (χ0n) is 12.4. The van der Waals surface area contributed by atoms with Crippen LogP contribution in [-0.2, 0) is 0 Å². The van der Waals surface area contributed by atoms with E-state index in [1.165, 1.54) is 24.8 Å². The van der Waals surface area contributed by atoms with Crippen molar-refractivity contribution < 1.29 is 4.79 Å². The van der Waals surface area contributed by atoms with Crippen molar-refractivity contribution >= 4 is 12.1 Å². The molecule has 2 unspecified atom stereocenters. The second-order valence-electron chi connectivity index (χ2n) is 5.73. The molecule has 0 radical (unpaired) electrons. The number of rotatable bonds is 3. The Hall–Kier alpha value is -1.77. The summed E-state index contributed by atoms with van der Waals surface area (Å²) in [5.74, 6) is 0.579. The maximum Gasteiger partial charge on any atom is 0.318 e. The smallest absolute Gasteiger partial charge is 0.318 e. The largest absolute Gasteiger partial charge is 0.335 e. The first-order chi connectivity index (χ1) is 9.65. The summed E-state index contributed by atoms with van der Waals surface area (Å²) in [6.07, 6.45) is 8.43. The van der Waals surface area contributed by atoms with Gasteiger partial charge in [-0.2, -0.15) is 0 Å². The molecule has 20 heavy (non-hydrogen) atoms. The fourth-order valence-corrected chi connectivity index (χ4v) is 2.73. The molecule has 0 saturated heterocycles. The number of carbonyl (C=O) groups excluding carboxylic acids is 1. The van der Waals surface area contributed by atoms with Gasteiger partial charge in [0.05, 0.1) is 0 Å². The summed E-state index contributed by atoms with van der Waals surface area (Å²) in [4.78, 5) is 11.8. The lowest BCUT2D eigenvalue weighted by Gasteiger charge is -2.29. The molecule has 2 N–H and O–H groups in total. The molecular weight excluding hydrogens is 248 g/mol. The highest BCUT2D eigenvalue weighted by Crippen LogP contribution is 2.23. The van der Waals surface area contributed by atoms with Crippen molar-refractivity contribution in [2.24, 2.45) is 5.92 Å².